The molecule has 0 saturated heterocycles. The van der Waals surface area contributed by atoms with Gasteiger partial charge in [-0.3, -0.25) is 0 Å². The maximum Gasteiger partial charge on any atom is 0.224 e. The molecule has 1 N–H and O–H groups in total. The van der Waals surface area contributed by atoms with Crippen molar-refractivity contribution in [3.8, 4) is 0 Å². The SMILES string of the molecule is COC(O)C(C)C1(n2c(Br)cc3cnc(Cl)nc32)CCCCC1. The van der Waals surface area contributed by atoms with Gasteiger partial charge in [-0.2, -0.15) is 4.98 Å². The highest BCUT2D eigenvalue weighted by Crippen LogP contribution is 2.46. The standard InChI is InChI=1S/C16H21BrClN3O2/c1-10(14(22)23-2)16(6-4-3-5-7-16)21-12(17)8-11-9-19-15(18)20-13(11)21/h8-10,14,22H,3-7H2,1-2H3. The third-order valence-corrected chi connectivity index (χ3v) is 5.91. The molecule has 7 heteroatoms. The molecule has 1 aliphatic carbocycles. The van der Waals surface area contributed by atoms with E-state index in [0.717, 1.165) is 41.3 Å². The number of halogens is 2. The number of methoxy groups -OCH3 is 1. The second-order valence-corrected chi connectivity index (χ2v) is 7.45. The smallest absolute Gasteiger partial charge is 0.224 e. The number of hydrogen-bond acceptors (Lipinski definition) is 4. The van der Waals surface area contributed by atoms with Gasteiger partial charge in [0.25, 0.3) is 0 Å². The molecule has 1 saturated carbocycles. The van der Waals surface area contributed by atoms with Gasteiger partial charge in [-0.05, 0) is 46.4 Å². The van der Waals surface area contributed by atoms with E-state index in [0.29, 0.717) is 0 Å². The van der Waals surface area contributed by atoms with E-state index in [1.807, 2.05) is 13.0 Å². The molecule has 0 aromatic carbocycles. The van der Waals surface area contributed by atoms with Gasteiger partial charge in [0.15, 0.2) is 6.29 Å². The molecule has 2 aromatic rings. The fourth-order valence-electron chi connectivity index (χ4n) is 3.88. The molecular weight excluding hydrogens is 382 g/mol. The lowest BCUT2D eigenvalue weighted by atomic mass is 9.72. The first-order valence-electron chi connectivity index (χ1n) is 7.90. The highest BCUT2D eigenvalue weighted by Gasteiger charge is 2.44. The molecule has 1 fully saturated rings. The predicted octanol–water partition coefficient (Wildman–Crippen LogP) is 4.11. The summed E-state index contributed by atoms with van der Waals surface area (Å²) in [5, 5.41) is 11.5. The Kier molecular flexibility index (Phi) is 4.97. The number of aromatic nitrogens is 3. The van der Waals surface area contributed by atoms with Crippen LogP contribution in [0.15, 0.2) is 16.9 Å². The Balaban J connectivity index is 2.21. The van der Waals surface area contributed by atoms with Gasteiger partial charge in [-0.15, -0.1) is 0 Å². The number of rotatable bonds is 4. The monoisotopic (exact) mass is 401 g/mol. The normalized spacial score (nSPS) is 20.6. The van der Waals surface area contributed by atoms with Crippen LogP contribution in [0.25, 0.3) is 11.0 Å². The van der Waals surface area contributed by atoms with Gasteiger partial charge >= 0.3 is 0 Å². The van der Waals surface area contributed by atoms with Gasteiger partial charge in [0.2, 0.25) is 5.28 Å². The van der Waals surface area contributed by atoms with Gasteiger partial charge in [0.05, 0.1) is 10.1 Å². The van der Waals surface area contributed by atoms with Crippen molar-refractivity contribution >= 4 is 38.6 Å². The molecule has 23 heavy (non-hydrogen) atoms. The van der Waals surface area contributed by atoms with E-state index in [1.54, 1.807) is 13.3 Å². The minimum atomic E-state index is -0.824. The van der Waals surface area contributed by atoms with Gasteiger partial charge < -0.3 is 14.4 Å². The molecule has 2 atom stereocenters. The van der Waals surface area contributed by atoms with Crippen LogP contribution in [0.5, 0.6) is 0 Å². The van der Waals surface area contributed by atoms with Gasteiger partial charge in [-0.1, -0.05) is 26.2 Å². The Labute approximate surface area is 149 Å². The molecule has 5 nitrogen and oxygen atoms in total. The van der Waals surface area contributed by atoms with Crippen LogP contribution in [0.4, 0.5) is 0 Å². The number of nitrogens with zero attached hydrogens (tertiary/aromatic N) is 3. The van der Waals surface area contributed by atoms with Gasteiger partial charge in [0, 0.05) is 24.6 Å². The number of aliphatic hydroxyl groups is 1. The Hall–Kier alpha value is -0.690. The van der Waals surface area contributed by atoms with Crippen molar-refractivity contribution in [1.29, 1.82) is 0 Å². The lowest BCUT2D eigenvalue weighted by molar-refractivity contribution is -0.143. The topological polar surface area (TPSA) is 60.2 Å². The molecular formula is C16H21BrClN3O2. The van der Waals surface area contributed by atoms with Crippen molar-refractivity contribution in [3.63, 3.8) is 0 Å². The van der Waals surface area contributed by atoms with Crippen LogP contribution in [0.3, 0.4) is 0 Å². The Morgan fingerprint density at radius 3 is 2.74 bits per heavy atom. The first-order chi connectivity index (χ1) is 11.0. The van der Waals surface area contributed by atoms with E-state index in [9.17, 15) is 5.11 Å². The van der Waals surface area contributed by atoms with Crippen molar-refractivity contribution in [1.82, 2.24) is 14.5 Å². The van der Waals surface area contributed by atoms with E-state index >= 15 is 0 Å². The Morgan fingerprint density at radius 1 is 1.39 bits per heavy atom. The van der Waals surface area contributed by atoms with E-state index in [1.165, 1.54) is 6.42 Å². The van der Waals surface area contributed by atoms with Crippen LogP contribution < -0.4 is 0 Å². The fourth-order valence-corrected chi connectivity index (χ4v) is 4.77. The summed E-state index contributed by atoms with van der Waals surface area (Å²) < 4.78 is 8.35. The molecule has 0 radical (unpaired) electrons. The van der Waals surface area contributed by atoms with Crippen LogP contribution in [0, 0.1) is 5.92 Å². The molecule has 0 aliphatic heterocycles. The second kappa shape index (κ2) is 6.67. The first kappa shape index (κ1) is 17.1. The minimum absolute atomic E-state index is 0.0755. The molecule has 126 valence electrons. The quantitative estimate of drug-likeness (QED) is 0.617. The number of fused-ring (bicyclic) bond motifs is 1. The van der Waals surface area contributed by atoms with Crippen LogP contribution in [-0.4, -0.2) is 33.0 Å². The van der Waals surface area contributed by atoms with Gasteiger partial charge in [0.1, 0.15) is 5.65 Å². The summed E-state index contributed by atoms with van der Waals surface area (Å²) in [6.07, 6.45) is 6.30. The largest absolute Gasteiger partial charge is 0.368 e. The highest BCUT2D eigenvalue weighted by molar-refractivity contribution is 9.10. The summed E-state index contributed by atoms with van der Waals surface area (Å²) in [4.78, 5) is 8.52. The van der Waals surface area contributed by atoms with Crippen molar-refractivity contribution in [2.24, 2.45) is 5.92 Å². The molecule has 2 unspecified atom stereocenters. The van der Waals surface area contributed by atoms with Crippen molar-refractivity contribution < 1.29 is 9.84 Å². The summed E-state index contributed by atoms with van der Waals surface area (Å²) in [6.45, 7) is 2.04. The highest BCUT2D eigenvalue weighted by atomic mass is 79.9. The van der Waals surface area contributed by atoms with Crippen LogP contribution >= 0.6 is 27.5 Å². The maximum absolute atomic E-state index is 10.4. The Bertz CT molecular complexity index is 700. The molecule has 0 amide bonds. The van der Waals surface area contributed by atoms with E-state index in [-0.39, 0.29) is 16.7 Å². The van der Waals surface area contributed by atoms with E-state index < -0.39 is 6.29 Å². The zero-order valence-corrected chi connectivity index (χ0v) is 15.6. The summed E-state index contributed by atoms with van der Waals surface area (Å²) in [6, 6.07) is 2.01. The average Bonchev–Trinajstić information content (AvgIpc) is 2.89. The number of aliphatic hydroxyl groups excluding tert-OH is 1. The molecule has 0 spiro atoms. The number of hydrogen-bond donors (Lipinski definition) is 1. The van der Waals surface area contributed by atoms with Crippen LogP contribution in [-0.2, 0) is 10.3 Å². The van der Waals surface area contributed by atoms with Crippen molar-refractivity contribution in [2.75, 3.05) is 7.11 Å². The average molecular weight is 403 g/mol. The lowest BCUT2D eigenvalue weighted by Crippen LogP contribution is -2.47. The van der Waals surface area contributed by atoms with E-state index in [4.69, 9.17) is 16.3 Å². The predicted molar refractivity (Wildman–Crippen MR) is 93.5 cm³/mol. The van der Waals surface area contributed by atoms with Crippen molar-refractivity contribution in [3.05, 3.63) is 22.1 Å². The third-order valence-electron chi connectivity index (χ3n) is 5.15. The summed E-state index contributed by atoms with van der Waals surface area (Å²) >= 11 is 9.70. The van der Waals surface area contributed by atoms with Crippen molar-refractivity contribution in [2.45, 2.75) is 50.9 Å². The van der Waals surface area contributed by atoms with Crippen LogP contribution in [0.2, 0.25) is 5.28 Å². The minimum Gasteiger partial charge on any atom is -0.368 e. The maximum atomic E-state index is 10.4. The van der Waals surface area contributed by atoms with Gasteiger partial charge in [-0.25, -0.2) is 4.98 Å². The molecule has 3 rings (SSSR count). The zero-order chi connectivity index (χ0) is 16.6. The van der Waals surface area contributed by atoms with Crippen LogP contribution in [0.1, 0.15) is 39.0 Å². The number of ether oxygens (including phenoxy) is 1. The fraction of sp³-hybridized carbons (Fsp3) is 0.625. The second-order valence-electron chi connectivity index (χ2n) is 6.30. The third kappa shape index (κ3) is 2.90. The molecule has 0 bridgehead atoms. The zero-order valence-electron chi connectivity index (χ0n) is 13.3. The molecule has 1 aliphatic rings. The summed E-state index contributed by atoms with van der Waals surface area (Å²) in [5.74, 6) is -0.0755. The molecule has 2 aromatic heterocycles. The first-order valence-corrected chi connectivity index (χ1v) is 9.07. The lowest BCUT2D eigenvalue weighted by Gasteiger charge is -2.45. The van der Waals surface area contributed by atoms with E-state index in [2.05, 4.69) is 30.5 Å². The Morgan fingerprint density at radius 2 is 2.09 bits per heavy atom. The summed E-state index contributed by atoms with van der Waals surface area (Å²) in [5.41, 5.74) is 0.542. The summed E-state index contributed by atoms with van der Waals surface area (Å²) in [7, 11) is 1.54. The molecule has 2 heterocycles.